The van der Waals surface area contributed by atoms with Crippen molar-refractivity contribution < 1.29 is 24.0 Å². The van der Waals surface area contributed by atoms with Gasteiger partial charge in [-0.2, -0.15) is 0 Å². The van der Waals surface area contributed by atoms with Gasteiger partial charge < -0.3 is 19.7 Å². The summed E-state index contributed by atoms with van der Waals surface area (Å²) in [5.41, 5.74) is 0.241. The number of amides is 1. The van der Waals surface area contributed by atoms with E-state index in [1.165, 1.54) is 19.2 Å². The molecule has 0 aliphatic carbocycles. The van der Waals surface area contributed by atoms with Gasteiger partial charge in [0.2, 0.25) is 5.75 Å². The zero-order chi connectivity index (χ0) is 15.3. The number of anilines is 1. The van der Waals surface area contributed by atoms with E-state index in [4.69, 9.17) is 33.0 Å². The summed E-state index contributed by atoms with van der Waals surface area (Å²) >= 11 is 9.96. The Hall–Kier alpha value is -1.15. The fourth-order valence-electron chi connectivity index (χ4n) is 1.30. The normalized spacial score (nSPS) is 11.8. The molecule has 0 bridgehead atoms. The number of carbonyl (C=O) groups is 2. The van der Waals surface area contributed by atoms with Crippen LogP contribution in [0.5, 0.6) is 5.75 Å². The van der Waals surface area contributed by atoms with E-state index in [1.54, 1.807) is 0 Å². The highest BCUT2D eigenvalue weighted by atomic mass is 35.5. The van der Waals surface area contributed by atoms with Gasteiger partial charge in [-0.15, -0.1) is 0 Å². The minimum absolute atomic E-state index is 0.188. The maximum atomic E-state index is 11.6. The third-order valence-corrected chi connectivity index (χ3v) is 3.85. The van der Waals surface area contributed by atoms with E-state index in [0.29, 0.717) is 5.75 Å². The van der Waals surface area contributed by atoms with Crippen molar-refractivity contribution in [1.29, 1.82) is 0 Å². The molecule has 0 spiro atoms. The Balaban J connectivity index is 2.73. The number of carboxylic acids is 1. The quantitative estimate of drug-likeness (QED) is 0.769. The van der Waals surface area contributed by atoms with E-state index < -0.39 is 34.6 Å². The van der Waals surface area contributed by atoms with Crippen LogP contribution in [0.4, 0.5) is 5.69 Å². The van der Waals surface area contributed by atoms with Crippen LogP contribution in [0.1, 0.15) is 0 Å². The lowest BCUT2D eigenvalue weighted by Crippen LogP contribution is -2.27. The average Bonchev–Trinajstić information content (AvgIpc) is 2.31. The lowest BCUT2D eigenvalue weighted by Gasteiger charge is -2.12. The molecular weight excluding hydrogens is 329 g/mol. The van der Waals surface area contributed by atoms with Crippen LogP contribution in [0.3, 0.4) is 0 Å². The van der Waals surface area contributed by atoms with Gasteiger partial charge in [-0.3, -0.25) is 4.79 Å². The average molecular weight is 340 g/mol. The number of carbonyl (C=O) groups excluding carboxylic acids is 1. The molecule has 9 heteroatoms. The maximum absolute atomic E-state index is 11.6. The predicted octanol–water partition coefficient (Wildman–Crippen LogP) is 1.77. The highest BCUT2D eigenvalue weighted by Crippen LogP contribution is 2.33. The van der Waals surface area contributed by atoms with Crippen LogP contribution >= 0.6 is 23.2 Å². The molecule has 0 aliphatic rings. The number of nitrogens with one attached hydrogen (secondary N) is 1. The van der Waals surface area contributed by atoms with Crippen molar-refractivity contribution in [3.63, 3.8) is 0 Å². The first-order valence-corrected chi connectivity index (χ1v) is 7.47. The number of aliphatic carboxylic acids is 1. The molecule has 20 heavy (non-hydrogen) atoms. The van der Waals surface area contributed by atoms with E-state index in [0.717, 1.165) is 0 Å². The molecule has 0 heterocycles. The van der Waals surface area contributed by atoms with Crippen molar-refractivity contribution in [2.24, 2.45) is 0 Å². The Morgan fingerprint density at radius 1 is 1.35 bits per heavy atom. The molecule has 6 nitrogen and oxygen atoms in total. The summed E-state index contributed by atoms with van der Waals surface area (Å²) in [6, 6.07) is 2.81. The number of methoxy groups -OCH3 is 1. The van der Waals surface area contributed by atoms with Gasteiger partial charge in [-0.1, -0.05) is 23.2 Å². The standard InChI is InChI=1S/C11H11Cl2NO5S/c1-19-9-3-8(6(12)2-7(9)13)14-10(15)4-20(18)5-11(16)17/h2-3H,4-5H2,1H3,(H,14,15)(H,16,17). The van der Waals surface area contributed by atoms with E-state index in [-0.39, 0.29) is 15.7 Å². The largest absolute Gasteiger partial charge is 0.616 e. The summed E-state index contributed by atoms with van der Waals surface area (Å²) in [6.45, 7) is 0. The molecule has 1 aromatic rings. The highest BCUT2D eigenvalue weighted by Gasteiger charge is 2.18. The summed E-state index contributed by atoms with van der Waals surface area (Å²) in [7, 11) is 1.41. The molecule has 0 radical (unpaired) electrons. The van der Waals surface area contributed by atoms with Crippen molar-refractivity contribution in [3.05, 3.63) is 22.2 Å². The molecule has 1 rings (SSSR count). The molecule has 1 aromatic carbocycles. The van der Waals surface area contributed by atoms with Gasteiger partial charge in [0.1, 0.15) is 5.75 Å². The Morgan fingerprint density at radius 2 is 2.00 bits per heavy atom. The lowest BCUT2D eigenvalue weighted by molar-refractivity contribution is -0.134. The molecule has 1 atom stereocenters. The second-order valence-electron chi connectivity index (χ2n) is 3.64. The Bertz CT molecular complexity index is 526. The van der Waals surface area contributed by atoms with E-state index in [1.807, 2.05) is 0 Å². The molecule has 1 unspecified atom stereocenters. The molecule has 0 saturated carbocycles. The first-order chi connectivity index (χ1) is 9.33. The van der Waals surface area contributed by atoms with Gasteiger partial charge in [0.05, 0.1) is 22.8 Å². The Kier molecular flexibility index (Phi) is 6.41. The summed E-state index contributed by atoms with van der Waals surface area (Å²) < 4.78 is 16.3. The number of hydrogen-bond donors (Lipinski definition) is 2. The lowest BCUT2D eigenvalue weighted by atomic mass is 10.3. The fraction of sp³-hybridized carbons (Fsp3) is 0.273. The molecule has 110 valence electrons. The van der Waals surface area contributed by atoms with Gasteiger partial charge in [0.25, 0.3) is 5.91 Å². The smallest absolute Gasteiger partial charge is 0.353 e. The second-order valence-corrected chi connectivity index (χ2v) is 5.91. The minimum Gasteiger partial charge on any atom is -0.616 e. The monoisotopic (exact) mass is 339 g/mol. The predicted molar refractivity (Wildman–Crippen MR) is 77.2 cm³/mol. The number of carboxylic acid groups (broad SMARTS) is 1. The first-order valence-electron chi connectivity index (χ1n) is 5.23. The van der Waals surface area contributed by atoms with Crippen molar-refractivity contribution in [2.45, 2.75) is 0 Å². The SMILES string of the molecule is COc1cc(NC(=O)C[S+]([O-])CC(=O)O)c(Cl)cc1Cl. The second kappa shape index (κ2) is 7.58. The number of rotatable bonds is 6. The van der Waals surface area contributed by atoms with Crippen LogP contribution in [0.15, 0.2) is 12.1 Å². The number of hydrogen-bond acceptors (Lipinski definition) is 4. The third-order valence-electron chi connectivity index (χ3n) is 2.09. The Morgan fingerprint density at radius 3 is 2.55 bits per heavy atom. The molecular formula is C11H11Cl2NO5S. The molecule has 1 amide bonds. The van der Waals surface area contributed by atoms with Crippen molar-refractivity contribution in [1.82, 2.24) is 0 Å². The maximum Gasteiger partial charge on any atom is 0.353 e. The van der Waals surface area contributed by atoms with Crippen molar-refractivity contribution in [2.75, 3.05) is 23.9 Å². The summed E-state index contributed by atoms with van der Waals surface area (Å²) in [4.78, 5) is 22.0. The van der Waals surface area contributed by atoms with Crippen LogP contribution < -0.4 is 10.1 Å². The van der Waals surface area contributed by atoms with Crippen LogP contribution in [0.25, 0.3) is 0 Å². The molecule has 0 aliphatic heterocycles. The van der Waals surface area contributed by atoms with Crippen molar-refractivity contribution >= 4 is 51.9 Å². The molecule has 0 aromatic heterocycles. The van der Waals surface area contributed by atoms with Crippen LogP contribution in [0, 0.1) is 0 Å². The van der Waals surface area contributed by atoms with E-state index in [2.05, 4.69) is 5.32 Å². The molecule has 0 saturated heterocycles. The molecule has 0 fully saturated rings. The van der Waals surface area contributed by atoms with Gasteiger partial charge in [-0.05, 0) is 17.2 Å². The van der Waals surface area contributed by atoms with Crippen LogP contribution in [-0.4, -0.2) is 40.2 Å². The fourth-order valence-corrected chi connectivity index (χ4v) is 2.55. The number of halogens is 2. The van der Waals surface area contributed by atoms with E-state index in [9.17, 15) is 14.1 Å². The van der Waals surface area contributed by atoms with Crippen LogP contribution in [0.2, 0.25) is 10.0 Å². The first kappa shape index (κ1) is 16.9. The van der Waals surface area contributed by atoms with E-state index >= 15 is 0 Å². The Labute approximate surface area is 128 Å². The van der Waals surface area contributed by atoms with Gasteiger partial charge in [0, 0.05) is 6.07 Å². The molecule has 2 N–H and O–H groups in total. The summed E-state index contributed by atoms with van der Waals surface area (Å²) in [5.74, 6) is -2.56. The van der Waals surface area contributed by atoms with Crippen molar-refractivity contribution in [3.8, 4) is 5.75 Å². The minimum atomic E-state index is -1.78. The number of benzene rings is 1. The third kappa shape index (κ3) is 5.09. The van der Waals surface area contributed by atoms with Gasteiger partial charge >= 0.3 is 5.97 Å². The van der Waals surface area contributed by atoms with Crippen LogP contribution in [-0.2, 0) is 20.8 Å². The highest BCUT2D eigenvalue weighted by molar-refractivity contribution is 7.92. The zero-order valence-electron chi connectivity index (χ0n) is 10.3. The van der Waals surface area contributed by atoms with Gasteiger partial charge in [0.15, 0.2) is 5.75 Å². The zero-order valence-corrected chi connectivity index (χ0v) is 12.6. The number of ether oxygens (including phenoxy) is 1. The van der Waals surface area contributed by atoms with Gasteiger partial charge in [-0.25, -0.2) is 4.79 Å². The topological polar surface area (TPSA) is 98.7 Å². The summed E-state index contributed by atoms with van der Waals surface area (Å²) in [6.07, 6.45) is 0. The summed E-state index contributed by atoms with van der Waals surface area (Å²) in [5, 5.41) is 11.3.